The van der Waals surface area contributed by atoms with Crippen LogP contribution in [0.1, 0.15) is 39.0 Å². The predicted molar refractivity (Wildman–Crippen MR) is 55.6 cm³/mol. The zero-order valence-electron chi connectivity index (χ0n) is 8.76. The Bertz CT molecular complexity index is 171. The van der Waals surface area contributed by atoms with Crippen LogP contribution in [-0.2, 0) is 0 Å². The Labute approximate surface area is 81.5 Å². The molecular formula is C11H22N2. The summed E-state index contributed by atoms with van der Waals surface area (Å²) >= 11 is 0. The van der Waals surface area contributed by atoms with E-state index in [0.717, 1.165) is 12.5 Å². The summed E-state index contributed by atoms with van der Waals surface area (Å²) in [6.45, 7) is 5.64. The minimum Gasteiger partial charge on any atom is -0.329 e. The fourth-order valence-electron chi connectivity index (χ4n) is 2.44. The Kier molecular flexibility index (Phi) is 2.61. The van der Waals surface area contributed by atoms with E-state index >= 15 is 0 Å². The van der Waals surface area contributed by atoms with E-state index in [1.807, 2.05) is 0 Å². The molecule has 2 nitrogen and oxygen atoms in total. The van der Waals surface area contributed by atoms with Gasteiger partial charge in [-0.15, -0.1) is 0 Å². The Hall–Kier alpha value is -0.0800. The largest absolute Gasteiger partial charge is 0.329 e. The van der Waals surface area contributed by atoms with Crippen molar-refractivity contribution in [2.24, 2.45) is 11.7 Å². The summed E-state index contributed by atoms with van der Waals surface area (Å²) in [5, 5.41) is 0. The van der Waals surface area contributed by atoms with Gasteiger partial charge in [0.1, 0.15) is 0 Å². The Morgan fingerprint density at radius 3 is 2.38 bits per heavy atom. The van der Waals surface area contributed by atoms with Crippen LogP contribution in [0.3, 0.4) is 0 Å². The van der Waals surface area contributed by atoms with Gasteiger partial charge in [-0.05, 0) is 38.1 Å². The van der Waals surface area contributed by atoms with E-state index < -0.39 is 0 Å². The van der Waals surface area contributed by atoms with Crippen LogP contribution in [0.2, 0.25) is 0 Å². The van der Waals surface area contributed by atoms with Gasteiger partial charge in [0.25, 0.3) is 0 Å². The third kappa shape index (κ3) is 1.75. The summed E-state index contributed by atoms with van der Waals surface area (Å²) < 4.78 is 0. The molecule has 2 heteroatoms. The van der Waals surface area contributed by atoms with Gasteiger partial charge in [-0.2, -0.15) is 0 Å². The van der Waals surface area contributed by atoms with Gasteiger partial charge in [0.15, 0.2) is 0 Å². The lowest BCUT2D eigenvalue weighted by Crippen LogP contribution is -2.46. The van der Waals surface area contributed by atoms with E-state index in [2.05, 4.69) is 11.8 Å². The quantitative estimate of drug-likeness (QED) is 0.700. The monoisotopic (exact) mass is 182 g/mol. The molecule has 0 aromatic carbocycles. The minimum atomic E-state index is 0.435. The third-order valence-electron chi connectivity index (χ3n) is 3.96. The average molecular weight is 182 g/mol. The Morgan fingerprint density at radius 1 is 1.38 bits per heavy atom. The summed E-state index contributed by atoms with van der Waals surface area (Å²) in [5.41, 5.74) is 6.27. The molecule has 2 fully saturated rings. The maximum absolute atomic E-state index is 5.84. The number of rotatable bonds is 5. The molecule has 0 heterocycles. The maximum Gasteiger partial charge on any atom is 0.0333 e. The van der Waals surface area contributed by atoms with E-state index in [1.165, 1.54) is 45.2 Å². The molecule has 76 valence electrons. The van der Waals surface area contributed by atoms with Crippen molar-refractivity contribution < 1.29 is 0 Å². The highest BCUT2D eigenvalue weighted by atomic mass is 15.2. The van der Waals surface area contributed by atoms with Crippen molar-refractivity contribution in [3.8, 4) is 0 Å². The number of hydrogen-bond donors (Lipinski definition) is 1. The molecule has 2 aliphatic carbocycles. The molecular weight excluding hydrogens is 160 g/mol. The zero-order valence-corrected chi connectivity index (χ0v) is 8.76. The summed E-state index contributed by atoms with van der Waals surface area (Å²) in [6.07, 6.45) is 7.04. The highest BCUT2D eigenvalue weighted by Gasteiger charge is 2.46. The number of hydrogen-bond acceptors (Lipinski definition) is 2. The van der Waals surface area contributed by atoms with Crippen LogP contribution < -0.4 is 5.73 Å². The standard InChI is InChI=1S/C11H22N2/c1-2-13(8-10-4-3-5-10)11(9-12)6-7-11/h10H,2-9,12H2,1H3. The van der Waals surface area contributed by atoms with Crippen molar-refractivity contribution >= 4 is 0 Å². The predicted octanol–water partition coefficient (Wildman–Crippen LogP) is 1.60. The van der Waals surface area contributed by atoms with Crippen molar-refractivity contribution in [3.63, 3.8) is 0 Å². The Morgan fingerprint density at radius 2 is 2.08 bits per heavy atom. The number of nitrogens with zero attached hydrogens (tertiary/aromatic N) is 1. The molecule has 13 heavy (non-hydrogen) atoms. The molecule has 2 rings (SSSR count). The van der Waals surface area contributed by atoms with Crippen molar-refractivity contribution in [2.75, 3.05) is 19.6 Å². The molecule has 0 aromatic rings. The molecule has 0 saturated heterocycles. The molecule has 0 atom stereocenters. The molecule has 2 saturated carbocycles. The highest BCUT2D eigenvalue weighted by molar-refractivity contribution is 5.04. The van der Waals surface area contributed by atoms with Gasteiger partial charge >= 0.3 is 0 Å². The molecule has 0 bridgehead atoms. The highest BCUT2D eigenvalue weighted by Crippen LogP contribution is 2.42. The lowest BCUT2D eigenvalue weighted by Gasteiger charge is -2.36. The zero-order chi connectivity index (χ0) is 9.31. The van der Waals surface area contributed by atoms with Gasteiger partial charge in [0, 0.05) is 18.6 Å². The second-order valence-corrected chi connectivity index (χ2v) is 4.76. The van der Waals surface area contributed by atoms with Gasteiger partial charge in [-0.25, -0.2) is 0 Å². The van der Waals surface area contributed by atoms with Crippen LogP contribution in [0.4, 0.5) is 0 Å². The summed E-state index contributed by atoms with van der Waals surface area (Å²) in [6, 6.07) is 0. The van der Waals surface area contributed by atoms with Crippen LogP contribution in [0.5, 0.6) is 0 Å². The van der Waals surface area contributed by atoms with Gasteiger partial charge in [0.2, 0.25) is 0 Å². The van der Waals surface area contributed by atoms with Crippen LogP contribution >= 0.6 is 0 Å². The van der Waals surface area contributed by atoms with Crippen molar-refractivity contribution in [3.05, 3.63) is 0 Å². The van der Waals surface area contributed by atoms with Gasteiger partial charge in [0.05, 0.1) is 0 Å². The average Bonchev–Trinajstić information content (AvgIpc) is 2.84. The summed E-state index contributed by atoms with van der Waals surface area (Å²) in [5.74, 6) is 0.990. The van der Waals surface area contributed by atoms with Gasteiger partial charge < -0.3 is 5.73 Å². The SMILES string of the molecule is CCN(CC1CCC1)C1(CN)CC1. The minimum absolute atomic E-state index is 0.435. The molecule has 0 aromatic heterocycles. The van der Waals surface area contributed by atoms with E-state index in [0.29, 0.717) is 5.54 Å². The topological polar surface area (TPSA) is 29.3 Å². The van der Waals surface area contributed by atoms with Crippen molar-refractivity contribution in [2.45, 2.75) is 44.6 Å². The first kappa shape index (κ1) is 9.47. The lowest BCUT2D eigenvalue weighted by atomic mass is 9.84. The van der Waals surface area contributed by atoms with Gasteiger partial charge in [-0.3, -0.25) is 4.90 Å². The molecule has 2 N–H and O–H groups in total. The first-order valence-corrected chi connectivity index (χ1v) is 5.76. The number of nitrogens with two attached hydrogens (primary N) is 1. The van der Waals surface area contributed by atoms with E-state index in [-0.39, 0.29) is 0 Å². The van der Waals surface area contributed by atoms with Crippen LogP contribution in [-0.4, -0.2) is 30.1 Å². The van der Waals surface area contributed by atoms with Crippen molar-refractivity contribution in [1.82, 2.24) is 4.90 Å². The fraction of sp³-hybridized carbons (Fsp3) is 1.00. The third-order valence-corrected chi connectivity index (χ3v) is 3.96. The normalized spacial score (nSPS) is 26.1. The first-order valence-electron chi connectivity index (χ1n) is 5.76. The molecule has 2 aliphatic rings. The molecule has 0 aliphatic heterocycles. The van der Waals surface area contributed by atoms with Gasteiger partial charge in [-0.1, -0.05) is 13.3 Å². The fourth-order valence-corrected chi connectivity index (χ4v) is 2.44. The van der Waals surface area contributed by atoms with E-state index in [9.17, 15) is 0 Å². The second kappa shape index (κ2) is 3.58. The smallest absolute Gasteiger partial charge is 0.0333 e. The summed E-state index contributed by atoms with van der Waals surface area (Å²) in [4.78, 5) is 2.64. The van der Waals surface area contributed by atoms with E-state index in [4.69, 9.17) is 5.73 Å². The van der Waals surface area contributed by atoms with Crippen LogP contribution in [0.25, 0.3) is 0 Å². The molecule has 0 spiro atoms. The number of likely N-dealkylation sites (N-methyl/N-ethyl adjacent to an activating group) is 1. The lowest BCUT2D eigenvalue weighted by molar-refractivity contribution is 0.128. The Balaban J connectivity index is 1.85. The maximum atomic E-state index is 5.84. The molecule has 0 amide bonds. The summed E-state index contributed by atoms with van der Waals surface area (Å²) in [7, 11) is 0. The van der Waals surface area contributed by atoms with E-state index in [1.54, 1.807) is 0 Å². The first-order chi connectivity index (χ1) is 6.30. The van der Waals surface area contributed by atoms with Crippen LogP contribution in [0, 0.1) is 5.92 Å². The van der Waals surface area contributed by atoms with Crippen LogP contribution in [0.15, 0.2) is 0 Å². The second-order valence-electron chi connectivity index (χ2n) is 4.76. The molecule has 0 radical (unpaired) electrons. The van der Waals surface area contributed by atoms with Crippen molar-refractivity contribution in [1.29, 1.82) is 0 Å². The molecule has 0 unspecified atom stereocenters.